The van der Waals surface area contributed by atoms with Gasteiger partial charge in [0.2, 0.25) is 0 Å². The molecular formula is C17H22N6O. The Morgan fingerprint density at radius 2 is 1.83 bits per heavy atom. The second-order valence-corrected chi connectivity index (χ2v) is 6.30. The van der Waals surface area contributed by atoms with Gasteiger partial charge in [0.15, 0.2) is 0 Å². The van der Waals surface area contributed by atoms with E-state index in [0.29, 0.717) is 5.92 Å². The number of aryl methyl sites for hydroxylation is 1. The molecule has 1 atom stereocenters. The quantitative estimate of drug-likeness (QED) is 0.844. The third kappa shape index (κ3) is 3.17. The van der Waals surface area contributed by atoms with E-state index in [1.54, 1.807) is 12.4 Å². The first-order valence-electron chi connectivity index (χ1n) is 8.49. The van der Waals surface area contributed by atoms with E-state index in [2.05, 4.69) is 35.8 Å². The van der Waals surface area contributed by atoms with Gasteiger partial charge >= 0.3 is 0 Å². The van der Waals surface area contributed by atoms with E-state index in [1.807, 2.05) is 13.1 Å². The van der Waals surface area contributed by atoms with Crippen molar-refractivity contribution >= 4 is 11.6 Å². The zero-order valence-corrected chi connectivity index (χ0v) is 13.9. The lowest BCUT2D eigenvalue weighted by Gasteiger charge is -2.36. The van der Waals surface area contributed by atoms with E-state index in [0.717, 1.165) is 69.0 Å². The van der Waals surface area contributed by atoms with E-state index in [9.17, 15) is 0 Å². The van der Waals surface area contributed by atoms with Gasteiger partial charge in [-0.3, -0.25) is 4.98 Å². The van der Waals surface area contributed by atoms with E-state index >= 15 is 0 Å². The number of rotatable bonds is 3. The van der Waals surface area contributed by atoms with Gasteiger partial charge in [0, 0.05) is 57.2 Å². The summed E-state index contributed by atoms with van der Waals surface area (Å²) in [6.07, 6.45) is 6.32. The highest BCUT2D eigenvalue weighted by atomic mass is 16.5. The largest absolute Gasteiger partial charge is 0.381 e. The van der Waals surface area contributed by atoms with Gasteiger partial charge in [-0.15, -0.1) is 0 Å². The van der Waals surface area contributed by atoms with Crippen LogP contribution in [-0.4, -0.2) is 59.3 Å². The van der Waals surface area contributed by atoms with Crippen LogP contribution in [0.3, 0.4) is 0 Å². The third-order valence-electron chi connectivity index (χ3n) is 4.67. The van der Waals surface area contributed by atoms with Gasteiger partial charge < -0.3 is 14.5 Å². The molecule has 2 saturated heterocycles. The maximum absolute atomic E-state index is 5.51. The first-order valence-corrected chi connectivity index (χ1v) is 8.49. The maximum atomic E-state index is 5.51. The minimum atomic E-state index is 0.409. The number of hydrogen-bond donors (Lipinski definition) is 0. The molecule has 0 bridgehead atoms. The van der Waals surface area contributed by atoms with Gasteiger partial charge in [-0.05, 0) is 13.3 Å². The van der Waals surface area contributed by atoms with Crippen LogP contribution >= 0.6 is 0 Å². The molecular weight excluding hydrogens is 304 g/mol. The number of anilines is 2. The summed E-state index contributed by atoms with van der Waals surface area (Å²) in [7, 11) is 0. The zero-order valence-electron chi connectivity index (χ0n) is 13.9. The standard InChI is InChI=1S/C17H22N6O/c1-13-20-15(14-2-9-24-12-14)10-16(21-13)22-5-7-23(8-6-22)17-11-18-3-4-19-17/h3-4,10-11,14H,2,5-9,12H2,1H3. The van der Waals surface area contributed by atoms with Crippen molar-refractivity contribution in [1.82, 2.24) is 19.9 Å². The fraction of sp³-hybridized carbons (Fsp3) is 0.529. The zero-order chi connectivity index (χ0) is 16.4. The lowest BCUT2D eigenvalue weighted by molar-refractivity contribution is 0.193. The number of hydrogen-bond acceptors (Lipinski definition) is 7. The molecule has 4 rings (SSSR count). The SMILES string of the molecule is Cc1nc(C2CCOC2)cc(N2CCN(c3cnccn3)CC2)n1. The molecule has 0 amide bonds. The fourth-order valence-corrected chi connectivity index (χ4v) is 3.33. The second-order valence-electron chi connectivity index (χ2n) is 6.30. The molecule has 1 unspecified atom stereocenters. The van der Waals surface area contributed by atoms with E-state index < -0.39 is 0 Å². The first-order chi connectivity index (χ1) is 11.8. The van der Waals surface area contributed by atoms with Crippen molar-refractivity contribution in [3.05, 3.63) is 36.2 Å². The number of piperazine rings is 1. The topological polar surface area (TPSA) is 67.3 Å². The predicted octanol–water partition coefficient (Wildman–Crippen LogP) is 1.41. The molecule has 126 valence electrons. The van der Waals surface area contributed by atoms with Gasteiger partial charge in [0.25, 0.3) is 0 Å². The Kier molecular flexibility index (Phi) is 4.25. The summed E-state index contributed by atoms with van der Waals surface area (Å²) in [6.45, 7) is 7.27. The highest BCUT2D eigenvalue weighted by molar-refractivity contribution is 5.45. The first kappa shape index (κ1) is 15.3. The summed E-state index contributed by atoms with van der Waals surface area (Å²) in [5, 5.41) is 0. The monoisotopic (exact) mass is 326 g/mol. The van der Waals surface area contributed by atoms with Crippen LogP contribution in [0.1, 0.15) is 23.9 Å². The highest BCUT2D eigenvalue weighted by Gasteiger charge is 2.23. The van der Waals surface area contributed by atoms with Gasteiger partial charge in [-0.1, -0.05) is 0 Å². The summed E-state index contributed by atoms with van der Waals surface area (Å²) < 4.78 is 5.51. The highest BCUT2D eigenvalue weighted by Crippen LogP contribution is 2.26. The molecule has 0 radical (unpaired) electrons. The minimum Gasteiger partial charge on any atom is -0.381 e. The molecule has 2 aliphatic rings. The summed E-state index contributed by atoms with van der Waals surface area (Å²) >= 11 is 0. The van der Waals surface area contributed by atoms with Crippen molar-refractivity contribution in [1.29, 1.82) is 0 Å². The lowest BCUT2D eigenvalue weighted by Crippen LogP contribution is -2.47. The fourth-order valence-electron chi connectivity index (χ4n) is 3.33. The average Bonchev–Trinajstić information content (AvgIpc) is 3.17. The van der Waals surface area contributed by atoms with Crippen LogP contribution in [0.2, 0.25) is 0 Å². The van der Waals surface area contributed by atoms with Crippen molar-refractivity contribution < 1.29 is 4.74 Å². The van der Waals surface area contributed by atoms with Crippen molar-refractivity contribution in [2.75, 3.05) is 49.2 Å². The Labute approximate surface area is 141 Å². The van der Waals surface area contributed by atoms with Crippen LogP contribution in [0.15, 0.2) is 24.7 Å². The van der Waals surface area contributed by atoms with E-state index in [4.69, 9.17) is 4.74 Å². The van der Waals surface area contributed by atoms with Gasteiger partial charge in [0.1, 0.15) is 17.5 Å². The van der Waals surface area contributed by atoms with E-state index in [-0.39, 0.29) is 0 Å². The van der Waals surface area contributed by atoms with Crippen LogP contribution in [0.25, 0.3) is 0 Å². The molecule has 0 spiro atoms. The van der Waals surface area contributed by atoms with Crippen LogP contribution in [0.4, 0.5) is 11.6 Å². The molecule has 2 fully saturated rings. The van der Waals surface area contributed by atoms with Gasteiger partial charge in [-0.25, -0.2) is 15.0 Å². The molecule has 4 heterocycles. The van der Waals surface area contributed by atoms with Crippen molar-refractivity contribution in [2.45, 2.75) is 19.3 Å². The minimum absolute atomic E-state index is 0.409. The Morgan fingerprint density at radius 1 is 1.04 bits per heavy atom. The third-order valence-corrected chi connectivity index (χ3v) is 4.67. The Morgan fingerprint density at radius 3 is 2.50 bits per heavy atom. The molecule has 0 saturated carbocycles. The van der Waals surface area contributed by atoms with Crippen molar-refractivity contribution in [3.63, 3.8) is 0 Å². The summed E-state index contributed by atoms with van der Waals surface area (Å²) in [4.78, 5) is 22.4. The maximum Gasteiger partial charge on any atom is 0.147 e. The molecule has 7 nitrogen and oxygen atoms in total. The van der Waals surface area contributed by atoms with Crippen molar-refractivity contribution in [3.8, 4) is 0 Å². The van der Waals surface area contributed by atoms with Crippen molar-refractivity contribution in [2.24, 2.45) is 0 Å². The molecule has 2 aromatic rings. The van der Waals surface area contributed by atoms with Gasteiger partial charge in [-0.2, -0.15) is 0 Å². The molecule has 0 aromatic carbocycles. The molecule has 0 N–H and O–H groups in total. The lowest BCUT2D eigenvalue weighted by atomic mass is 10.0. The molecule has 7 heteroatoms. The Hall–Kier alpha value is -2.28. The van der Waals surface area contributed by atoms with E-state index in [1.165, 1.54) is 0 Å². The smallest absolute Gasteiger partial charge is 0.147 e. The number of nitrogens with zero attached hydrogens (tertiary/aromatic N) is 6. The normalized spacial score (nSPS) is 21.3. The Bertz CT molecular complexity index is 681. The van der Waals surface area contributed by atoms with Crippen LogP contribution < -0.4 is 9.80 Å². The second kappa shape index (κ2) is 6.68. The summed E-state index contributed by atoms with van der Waals surface area (Å²) in [5.74, 6) is 3.22. The number of ether oxygens (including phenoxy) is 1. The number of aromatic nitrogens is 4. The van der Waals surface area contributed by atoms with Crippen LogP contribution in [-0.2, 0) is 4.74 Å². The molecule has 0 aliphatic carbocycles. The Balaban J connectivity index is 1.47. The molecule has 24 heavy (non-hydrogen) atoms. The summed E-state index contributed by atoms with van der Waals surface area (Å²) in [5.41, 5.74) is 1.12. The molecule has 2 aromatic heterocycles. The van der Waals surface area contributed by atoms with Crippen LogP contribution in [0.5, 0.6) is 0 Å². The average molecular weight is 326 g/mol. The molecule has 2 aliphatic heterocycles. The predicted molar refractivity (Wildman–Crippen MR) is 91.4 cm³/mol. The summed E-state index contributed by atoms with van der Waals surface area (Å²) in [6, 6.07) is 2.14. The van der Waals surface area contributed by atoms with Gasteiger partial charge in [0.05, 0.1) is 18.5 Å². The van der Waals surface area contributed by atoms with Crippen LogP contribution in [0, 0.1) is 6.92 Å².